The highest BCUT2D eigenvalue weighted by molar-refractivity contribution is 7.90. The third kappa shape index (κ3) is 10.8. The van der Waals surface area contributed by atoms with Crippen molar-refractivity contribution in [2.75, 3.05) is 56.0 Å². The number of aromatic amines is 1. The topological polar surface area (TPSA) is 245 Å². The molecule has 5 N–H and O–H groups in total. The normalized spacial score (nSPS) is 22.2. The van der Waals surface area contributed by atoms with E-state index in [4.69, 9.17) is 4.74 Å². The molecule has 0 bridgehead atoms. The number of fused-ring (bicyclic) bond motifs is 1. The van der Waals surface area contributed by atoms with Crippen molar-refractivity contribution in [3.05, 3.63) is 106 Å². The van der Waals surface area contributed by atoms with Gasteiger partial charge in [0.2, 0.25) is 5.82 Å². The highest BCUT2D eigenvalue weighted by Gasteiger charge is 2.51. The number of benzene rings is 2. The highest BCUT2D eigenvalue weighted by atomic mass is 32.2. The minimum absolute atomic E-state index is 0.0304. The summed E-state index contributed by atoms with van der Waals surface area (Å²) in [4.78, 5) is 40.6. The molecule has 1 atom stereocenters. The molecule has 22 heteroatoms. The van der Waals surface area contributed by atoms with E-state index in [9.17, 15) is 41.2 Å². The van der Waals surface area contributed by atoms with Gasteiger partial charge in [-0.25, -0.2) is 32.2 Å². The zero-order valence-electron chi connectivity index (χ0n) is 40.9. The number of nitrogens with zero attached hydrogens (tertiary/aromatic N) is 6. The van der Waals surface area contributed by atoms with Crippen molar-refractivity contribution < 1.29 is 40.8 Å². The van der Waals surface area contributed by atoms with Gasteiger partial charge in [0.1, 0.15) is 27.9 Å². The zero-order valence-corrected chi connectivity index (χ0v) is 42.6. The average molecular weight is 1030 g/mol. The summed E-state index contributed by atoms with van der Waals surface area (Å²) >= 11 is 0. The number of carbonyl (C=O) groups excluding carboxylic acids is 1. The third-order valence-electron chi connectivity index (χ3n) is 15.2. The van der Waals surface area contributed by atoms with Gasteiger partial charge in [0.15, 0.2) is 0 Å². The molecule has 386 valence electrons. The first-order valence-corrected chi connectivity index (χ1v) is 27.6. The van der Waals surface area contributed by atoms with E-state index in [0.717, 1.165) is 49.7 Å². The standard InChI is InChI=1S/C50H63FN10O9S2/c1-5-56-72(68,69)59-20-21-60(44(31-59)39-9-7-6-8-38(39)32(2)3)35-25-50(26-35)16-18-58(19-17-50)34-10-11-40(45(22-34)70-36-23-41-42(51)30-55-46(41)53-28-36)48(62)57-71(66,67)37-24-43(61(64)65)47(54-29-37)52-27-33-12-14-49(4,63)15-13-33/h6-11,22-24,28-30,32-33,35,44,56,63H,5,12-21,25-27,31H2,1-4H3,(H,52,54)(H,53,55)(H,57,62)/t33?,44-,49?/m0/s1. The lowest BCUT2D eigenvalue weighted by Gasteiger charge is -2.58. The summed E-state index contributed by atoms with van der Waals surface area (Å²) in [5, 5.41) is 25.6. The molecule has 2 aromatic carbocycles. The van der Waals surface area contributed by atoms with Gasteiger partial charge < -0.3 is 25.0 Å². The number of H-pyrrole nitrogens is 1. The van der Waals surface area contributed by atoms with Crippen LogP contribution in [0, 0.1) is 27.3 Å². The molecular formula is C50H63FN10O9S2. The Bertz CT molecular complexity index is 3050. The Labute approximate surface area is 419 Å². The lowest BCUT2D eigenvalue weighted by molar-refractivity contribution is -0.384. The number of sulfonamides is 1. The summed E-state index contributed by atoms with van der Waals surface area (Å²) < 4.78 is 81.2. The number of rotatable bonds is 16. The first-order valence-electron chi connectivity index (χ1n) is 24.7. The lowest BCUT2D eigenvalue weighted by Crippen LogP contribution is -2.61. The number of halogens is 1. The number of nitrogens with one attached hydrogen (secondary N) is 4. The third-order valence-corrected chi connectivity index (χ3v) is 18.2. The molecule has 2 aliphatic heterocycles. The van der Waals surface area contributed by atoms with Crippen molar-refractivity contribution in [1.29, 1.82) is 0 Å². The number of piperazine rings is 1. The number of hydrogen-bond acceptors (Lipinski definition) is 14. The predicted molar refractivity (Wildman–Crippen MR) is 270 cm³/mol. The van der Waals surface area contributed by atoms with E-state index in [1.54, 1.807) is 30.3 Å². The van der Waals surface area contributed by atoms with Crippen LogP contribution in [0.2, 0.25) is 0 Å². The second kappa shape index (κ2) is 20.3. The van der Waals surface area contributed by atoms with Gasteiger partial charge in [-0.1, -0.05) is 45.0 Å². The van der Waals surface area contributed by atoms with Gasteiger partial charge in [0.25, 0.3) is 26.1 Å². The van der Waals surface area contributed by atoms with E-state index < -0.39 is 53.1 Å². The van der Waals surface area contributed by atoms with Crippen LogP contribution in [0.4, 0.5) is 21.6 Å². The first kappa shape index (κ1) is 51.1. The number of amides is 1. The molecular weight excluding hydrogens is 968 g/mol. The number of nitro groups is 1. The molecule has 19 nitrogen and oxygen atoms in total. The quantitative estimate of drug-likeness (QED) is 0.0479. The van der Waals surface area contributed by atoms with Gasteiger partial charge in [-0.2, -0.15) is 12.7 Å². The maximum atomic E-state index is 14.7. The lowest BCUT2D eigenvalue weighted by atomic mass is 9.59. The van der Waals surface area contributed by atoms with Crippen LogP contribution in [0.5, 0.6) is 11.5 Å². The summed E-state index contributed by atoms with van der Waals surface area (Å²) in [5.74, 6) is -1.32. The fourth-order valence-electron chi connectivity index (χ4n) is 11.1. The smallest absolute Gasteiger partial charge is 0.312 e. The Hall–Kier alpha value is -5.78. The monoisotopic (exact) mass is 1030 g/mol. The summed E-state index contributed by atoms with van der Waals surface area (Å²) in [7, 11) is -8.35. The van der Waals surface area contributed by atoms with Gasteiger partial charge in [-0.05, 0) is 105 Å². The Morgan fingerprint density at radius 1 is 1.00 bits per heavy atom. The molecule has 4 aliphatic rings. The number of anilines is 2. The molecule has 0 unspecified atom stereocenters. The van der Waals surface area contributed by atoms with E-state index in [-0.39, 0.29) is 63.2 Å². The Kier molecular flexibility index (Phi) is 14.4. The van der Waals surface area contributed by atoms with E-state index >= 15 is 0 Å². The van der Waals surface area contributed by atoms with Crippen LogP contribution in [-0.4, -0.2) is 114 Å². The number of aromatic nitrogens is 3. The predicted octanol–water partition coefficient (Wildman–Crippen LogP) is 7.35. The largest absolute Gasteiger partial charge is 0.455 e. The number of carbonyl (C=O) groups is 1. The van der Waals surface area contributed by atoms with Crippen molar-refractivity contribution in [2.24, 2.45) is 11.3 Å². The van der Waals surface area contributed by atoms with Crippen LogP contribution in [0.3, 0.4) is 0 Å². The minimum Gasteiger partial charge on any atom is -0.455 e. The van der Waals surface area contributed by atoms with Crippen LogP contribution >= 0.6 is 0 Å². The molecule has 4 fully saturated rings. The molecule has 72 heavy (non-hydrogen) atoms. The zero-order chi connectivity index (χ0) is 51.2. The van der Waals surface area contributed by atoms with Crippen molar-refractivity contribution in [3.63, 3.8) is 0 Å². The minimum atomic E-state index is -4.73. The number of aliphatic hydroxyl groups is 1. The van der Waals surface area contributed by atoms with E-state index in [2.05, 4.69) is 60.8 Å². The number of pyridine rings is 2. The Morgan fingerprint density at radius 3 is 2.44 bits per heavy atom. The Morgan fingerprint density at radius 2 is 1.74 bits per heavy atom. The fraction of sp³-hybridized carbons (Fsp3) is 0.500. The molecule has 2 saturated carbocycles. The van der Waals surface area contributed by atoms with Crippen LogP contribution in [0.15, 0.2) is 78.1 Å². The van der Waals surface area contributed by atoms with Crippen LogP contribution in [0.1, 0.15) is 113 Å². The molecule has 3 aromatic heterocycles. The SMILES string of the molecule is CCNS(=O)(=O)N1CCN(C2CC3(CCN(c4ccc(C(=O)NS(=O)(=O)c5cnc(NCC6CCC(C)(O)CC6)c([N+](=O)[O-])c5)c(Oc5cnc6[nH]cc(F)c6c5)c4)CC3)C2)[C@H](c2ccccc2C(C)C)C1. The maximum absolute atomic E-state index is 14.7. The van der Waals surface area contributed by atoms with E-state index in [0.29, 0.717) is 77.2 Å². The second-order valence-corrected chi connectivity index (χ2v) is 23.9. The van der Waals surface area contributed by atoms with Crippen molar-refractivity contribution in [1.82, 2.24) is 33.6 Å². The molecule has 1 spiro atoms. The fourth-order valence-corrected chi connectivity index (χ4v) is 13.2. The molecule has 1 amide bonds. The van der Waals surface area contributed by atoms with Gasteiger partial charge in [0, 0.05) is 81.9 Å². The van der Waals surface area contributed by atoms with Crippen molar-refractivity contribution >= 4 is 54.4 Å². The molecule has 2 aliphatic carbocycles. The van der Waals surface area contributed by atoms with Gasteiger partial charge in [-0.3, -0.25) is 19.8 Å². The average Bonchev–Trinajstić information content (AvgIpc) is 3.71. The maximum Gasteiger partial charge on any atom is 0.312 e. The molecule has 5 aromatic rings. The van der Waals surface area contributed by atoms with Gasteiger partial charge in [-0.15, -0.1) is 0 Å². The van der Waals surface area contributed by atoms with Crippen LogP contribution in [0.25, 0.3) is 11.0 Å². The molecule has 0 radical (unpaired) electrons. The molecule has 2 saturated heterocycles. The van der Waals surface area contributed by atoms with E-state index in [1.165, 1.54) is 23.9 Å². The number of hydrogen-bond donors (Lipinski definition) is 5. The van der Waals surface area contributed by atoms with Gasteiger partial charge in [0.05, 0.1) is 33.9 Å². The molecule has 9 rings (SSSR count). The van der Waals surface area contributed by atoms with Gasteiger partial charge >= 0.3 is 5.69 Å². The molecule has 5 heterocycles. The summed E-state index contributed by atoms with van der Waals surface area (Å²) in [6, 6.07) is 15.6. The summed E-state index contributed by atoms with van der Waals surface area (Å²) in [6.45, 7) is 11.3. The van der Waals surface area contributed by atoms with E-state index in [1.807, 2.05) is 16.9 Å². The number of ether oxygens (including phenoxy) is 1. The first-order chi connectivity index (χ1) is 34.2. The second-order valence-electron chi connectivity index (χ2n) is 20.5. The summed E-state index contributed by atoms with van der Waals surface area (Å²) in [6.07, 6.45) is 9.75. The van der Waals surface area contributed by atoms with Crippen LogP contribution < -0.4 is 24.4 Å². The van der Waals surface area contributed by atoms with Crippen molar-refractivity contribution in [2.45, 2.75) is 108 Å². The number of piperidine rings is 1. The summed E-state index contributed by atoms with van der Waals surface area (Å²) in [5.41, 5.74) is 1.93. The highest BCUT2D eigenvalue weighted by Crippen LogP contribution is 2.53. The van der Waals surface area contributed by atoms with Crippen molar-refractivity contribution in [3.8, 4) is 11.5 Å². The Balaban J connectivity index is 0.911. The van der Waals surface area contributed by atoms with Crippen LogP contribution in [-0.2, 0) is 20.2 Å².